The molecule has 0 aromatic heterocycles. The first-order chi connectivity index (χ1) is 26.3. The van der Waals surface area contributed by atoms with Gasteiger partial charge in [0.05, 0.1) is 31.3 Å². The number of esters is 1. The number of carbonyl (C=O) groups is 1. The number of aliphatic hydroxyl groups excluding tert-OH is 9. The molecular weight excluding hydrogens is 728 g/mol. The Bertz CT molecular complexity index is 1490. The standard InChI is InChI=1S/C42H68O14/c1-20-9-14-42(37(52)56-36-34(51)32(49)30(47)24(18-44)54-36)16-15-40(5)22(28(42)21(20)2)7-8-26-38(3)12-11-27(39(4,19-45)25(38)10-13-41(26,40)6)55-35-33(50)31(48)29(46)23(17-43)53-35/h9,21-36,43-51H,7-8,10-19H2,1-6H3. The molecule has 56 heavy (non-hydrogen) atoms. The fourth-order valence-electron chi connectivity index (χ4n) is 14.2. The van der Waals surface area contributed by atoms with Crippen molar-refractivity contribution in [2.45, 2.75) is 167 Å². The van der Waals surface area contributed by atoms with Gasteiger partial charge in [0.15, 0.2) is 6.29 Å². The predicted octanol–water partition coefficient (Wildman–Crippen LogP) is 1.14. The molecule has 7 aliphatic rings. The number of rotatable bonds is 7. The summed E-state index contributed by atoms with van der Waals surface area (Å²) >= 11 is 0. The summed E-state index contributed by atoms with van der Waals surface area (Å²) < 4.78 is 23.8. The topological polar surface area (TPSA) is 236 Å². The van der Waals surface area contributed by atoms with Gasteiger partial charge >= 0.3 is 5.97 Å². The summed E-state index contributed by atoms with van der Waals surface area (Å²) in [5.41, 5.74) is -0.785. The summed E-state index contributed by atoms with van der Waals surface area (Å²) in [5, 5.41) is 94.0. The SMILES string of the molecule is CC1=CCC2(C(=O)OC3OC(CO)C(O)C(O)C3O)CCC3(C)C(CCC4C5(C)CCC(OC6OC(CO)C(O)C(O)C6O)C(C)(CO)C5CCC43C)C2C1C. The van der Waals surface area contributed by atoms with Gasteiger partial charge in [0.1, 0.15) is 48.8 Å². The Labute approximate surface area is 330 Å². The number of aliphatic hydroxyl groups is 9. The minimum atomic E-state index is -1.67. The normalized spacial score (nSPS) is 55.8. The van der Waals surface area contributed by atoms with Crippen molar-refractivity contribution in [3.63, 3.8) is 0 Å². The Kier molecular flexibility index (Phi) is 11.5. The fraction of sp³-hybridized carbons (Fsp3) is 0.929. The zero-order valence-electron chi connectivity index (χ0n) is 33.9. The molecule has 2 heterocycles. The van der Waals surface area contributed by atoms with Crippen LogP contribution in [-0.4, -0.2) is 139 Å². The van der Waals surface area contributed by atoms with Crippen LogP contribution < -0.4 is 0 Å². The number of fused-ring (bicyclic) bond motifs is 7. The van der Waals surface area contributed by atoms with Crippen molar-refractivity contribution < 1.29 is 69.7 Å². The van der Waals surface area contributed by atoms with Crippen LogP contribution in [0.2, 0.25) is 0 Å². The van der Waals surface area contributed by atoms with Gasteiger partial charge in [0.2, 0.25) is 6.29 Å². The summed E-state index contributed by atoms with van der Waals surface area (Å²) in [6.45, 7) is 12.3. The van der Waals surface area contributed by atoms with Gasteiger partial charge in [-0.15, -0.1) is 0 Å². The van der Waals surface area contributed by atoms with Crippen LogP contribution >= 0.6 is 0 Å². The van der Waals surface area contributed by atoms with Gasteiger partial charge in [-0.25, -0.2) is 0 Å². The molecule has 2 saturated heterocycles. The molecule has 21 unspecified atom stereocenters. The summed E-state index contributed by atoms with van der Waals surface area (Å²) in [6, 6.07) is 0. The lowest BCUT2D eigenvalue weighted by atomic mass is 9.31. The molecule has 0 spiro atoms. The fourth-order valence-corrected chi connectivity index (χ4v) is 14.2. The van der Waals surface area contributed by atoms with Crippen LogP contribution in [0.5, 0.6) is 0 Å². The summed E-state index contributed by atoms with van der Waals surface area (Å²) in [4.78, 5) is 14.6. The zero-order valence-corrected chi connectivity index (χ0v) is 33.9. The van der Waals surface area contributed by atoms with Crippen molar-refractivity contribution in [3.05, 3.63) is 11.6 Å². The maximum absolute atomic E-state index is 14.6. The summed E-state index contributed by atoms with van der Waals surface area (Å²) in [7, 11) is 0. The van der Waals surface area contributed by atoms with Gasteiger partial charge < -0.3 is 64.9 Å². The lowest BCUT2D eigenvalue weighted by Crippen LogP contribution is -2.69. The van der Waals surface area contributed by atoms with E-state index < -0.39 is 97.5 Å². The molecule has 0 bridgehead atoms. The molecule has 0 amide bonds. The van der Waals surface area contributed by atoms with Gasteiger partial charge in [-0.3, -0.25) is 4.79 Å². The van der Waals surface area contributed by atoms with Gasteiger partial charge in [-0.05, 0) is 111 Å². The highest BCUT2D eigenvalue weighted by atomic mass is 16.7. The second-order valence-electron chi connectivity index (χ2n) is 19.9. The molecule has 9 N–H and O–H groups in total. The van der Waals surface area contributed by atoms with Gasteiger partial charge in [-0.2, -0.15) is 0 Å². The van der Waals surface area contributed by atoms with Crippen molar-refractivity contribution in [2.75, 3.05) is 19.8 Å². The van der Waals surface area contributed by atoms with E-state index in [2.05, 4.69) is 47.6 Å². The molecule has 5 aliphatic carbocycles. The number of hydrogen-bond acceptors (Lipinski definition) is 14. The lowest BCUT2D eigenvalue weighted by Gasteiger charge is -2.73. The van der Waals surface area contributed by atoms with E-state index in [1.165, 1.54) is 5.57 Å². The van der Waals surface area contributed by atoms with E-state index in [1.54, 1.807) is 0 Å². The summed E-state index contributed by atoms with van der Waals surface area (Å²) in [6.07, 6.45) is -6.09. The molecule has 21 atom stereocenters. The number of allylic oxidation sites excluding steroid dienone is 2. The molecule has 14 heteroatoms. The molecule has 6 fully saturated rings. The van der Waals surface area contributed by atoms with Gasteiger partial charge in [0.25, 0.3) is 0 Å². The average Bonchev–Trinajstić information content (AvgIpc) is 3.17. The summed E-state index contributed by atoms with van der Waals surface area (Å²) in [5.74, 6) is 0.0837. The minimum Gasteiger partial charge on any atom is -0.432 e. The van der Waals surface area contributed by atoms with Crippen LogP contribution in [0.1, 0.15) is 99.3 Å². The third-order valence-electron chi connectivity index (χ3n) is 17.9. The molecule has 4 saturated carbocycles. The first-order valence-corrected chi connectivity index (χ1v) is 21.0. The molecule has 0 aromatic rings. The molecule has 0 aromatic carbocycles. The Morgan fingerprint density at radius 2 is 1.34 bits per heavy atom. The first-order valence-electron chi connectivity index (χ1n) is 21.0. The molecular formula is C42H68O14. The number of hydrogen-bond donors (Lipinski definition) is 9. The number of ether oxygens (including phenoxy) is 4. The Balaban J connectivity index is 1.15. The highest BCUT2D eigenvalue weighted by Crippen LogP contribution is 2.77. The third-order valence-corrected chi connectivity index (χ3v) is 17.9. The molecule has 2 aliphatic heterocycles. The Morgan fingerprint density at radius 1 is 0.732 bits per heavy atom. The Hall–Kier alpha value is -1.27. The zero-order chi connectivity index (χ0) is 40.9. The van der Waals surface area contributed by atoms with E-state index >= 15 is 0 Å². The number of carbonyl (C=O) groups excluding carboxylic acids is 1. The third kappa shape index (κ3) is 6.05. The van der Waals surface area contributed by atoms with E-state index in [4.69, 9.17) is 18.9 Å². The van der Waals surface area contributed by atoms with Crippen molar-refractivity contribution in [1.29, 1.82) is 0 Å². The van der Waals surface area contributed by atoms with E-state index in [1.807, 2.05) is 0 Å². The van der Waals surface area contributed by atoms with Crippen molar-refractivity contribution >= 4 is 5.97 Å². The van der Waals surface area contributed by atoms with Crippen LogP contribution in [0, 0.1) is 56.7 Å². The van der Waals surface area contributed by atoms with Crippen molar-refractivity contribution in [3.8, 4) is 0 Å². The van der Waals surface area contributed by atoms with Crippen LogP contribution in [0.15, 0.2) is 11.6 Å². The average molecular weight is 797 g/mol. The van der Waals surface area contributed by atoms with Gasteiger partial charge in [-0.1, -0.05) is 46.3 Å². The maximum Gasteiger partial charge on any atom is 0.315 e. The highest BCUT2D eigenvalue weighted by molar-refractivity contribution is 5.78. The minimum absolute atomic E-state index is 0.0580. The highest BCUT2D eigenvalue weighted by Gasteiger charge is 2.72. The monoisotopic (exact) mass is 796 g/mol. The van der Waals surface area contributed by atoms with Gasteiger partial charge in [0, 0.05) is 5.41 Å². The van der Waals surface area contributed by atoms with E-state index in [0.29, 0.717) is 25.2 Å². The lowest BCUT2D eigenvalue weighted by molar-refractivity contribution is -0.335. The van der Waals surface area contributed by atoms with E-state index in [0.717, 1.165) is 38.5 Å². The second-order valence-corrected chi connectivity index (χ2v) is 19.9. The first kappa shape index (κ1) is 42.8. The molecule has 7 rings (SSSR count). The largest absolute Gasteiger partial charge is 0.432 e. The molecule has 0 radical (unpaired) electrons. The van der Waals surface area contributed by atoms with E-state index in [9.17, 15) is 50.8 Å². The maximum atomic E-state index is 14.6. The van der Waals surface area contributed by atoms with Crippen LogP contribution in [0.4, 0.5) is 0 Å². The van der Waals surface area contributed by atoms with E-state index in [-0.39, 0.29) is 46.5 Å². The van der Waals surface area contributed by atoms with Crippen LogP contribution in [-0.2, 0) is 23.7 Å². The van der Waals surface area contributed by atoms with Crippen LogP contribution in [0.3, 0.4) is 0 Å². The van der Waals surface area contributed by atoms with Crippen LogP contribution in [0.25, 0.3) is 0 Å². The molecule has 14 nitrogen and oxygen atoms in total. The van der Waals surface area contributed by atoms with Crippen molar-refractivity contribution in [1.82, 2.24) is 0 Å². The smallest absolute Gasteiger partial charge is 0.315 e. The quantitative estimate of drug-likeness (QED) is 0.1000. The predicted molar refractivity (Wildman–Crippen MR) is 199 cm³/mol. The van der Waals surface area contributed by atoms with Crippen molar-refractivity contribution in [2.24, 2.45) is 56.7 Å². The Morgan fingerprint density at radius 3 is 1.95 bits per heavy atom. The molecule has 320 valence electrons. The second kappa shape index (κ2) is 15.0.